The van der Waals surface area contributed by atoms with E-state index in [0.29, 0.717) is 6.04 Å². The molecule has 1 heterocycles. The van der Waals surface area contributed by atoms with Gasteiger partial charge in [0.05, 0.1) is 0 Å². The lowest BCUT2D eigenvalue weighted by atomic mass is 10.2. The average Bonchev–Trinajstić information content (AvgIpc) is 2.71. The van der Waals surface area contributed by atoms with Crippen LogP contribution in [-0.4, -0.2) is 36.1 Å². The maximum atomic E-state index is 3.59. The summed E-state index contributed by atoms with van der Waals surface area (Å²) in [6.07, 6.45) is 4.56. The highest BCUT2D eigenvalue weighted by Crippen LogP contribution is 2.04. The van der Waals surface area contributed by atoms with E-state index in [-0.39, 0.29) is 0 Å². The third-order valence-electron chi connectivity index (χ3n) is 3.03. The van der Waals surface area contributed by atoms with Gasteiger partial charge >= 0.3 is 0 Å². The largest absolute Gasteiger partial charge is 0.350 e. The van der Waals surface area contributed by atoms with E-state index in [9.17, 15) is 0 Å². The van der Waals surface area contributed by atoms with Crippen molar-refractivity contribution in [2.24, 2.45) is 0 Å². The van der Waals surface area contributed by atoms with Gasteiger partial charge < -0.3 is 14.8 Å². The van der Waals surface area contributed by atoms with E-state index < -0.39 is 0 Å². The number of nitrogens with zero attached hydrogens (tertiary/aromatic N) is 2. The summed E-state index contributed by atoms with van der Waals surface area (Å²) >= 11 is 0. The predicted octanol–water partition coefficient (Wildman–Crippen LogP) is 2.33. The van der Waals surface area contributed by atoms with Gasteiger partial charge in [0.1, 0.15) is 0 Å². The van der Waals surface area contributed by atoms with Crippen LogP contribution in [0.5, 0.6) is 0 Å². The summed E-state index contributed by atoms with van der Waals surface area (Å²) in [4.78, 5) is 2.23. The van der Waals surface area contributed by atoms with Crippen molar-refractivity contribution in [2.75, 3.05) is 20.6 Å². The summed E-state index contributed by atoms with van der Waals surface area (Å²) in [6.45, 7) is 7.72. The zero-order valence-electron chi connectivity index (χ0n) is 11.7. The minimum Gasteiger partial charge on any atom is -0.350 e. The smallest absolute Gasteiger partial charge is 0.0361 e. The zero-order chi connectivity index (χ0) is 12.7. The SMILES string of the molecule is CCCn1cccc1CNC(C)CCN(C)C. The summed E-state index contributed by atoms with van der Waals surface area (Å²) in [5, 5.41) is 3.59. The standard InChI is InChI=1S/C14H27N3/c1-5-9-17-10-6-7-14(17)12-15-13(2)8-11-16(3)4/h6-7,10,13,15H,5,8-9,11-12H2,1-4H3. The molecule has 0 saturated carbocycles. The van der Waals surface area contributed by atoms with Gasteiger partial charge in [-0.25, -0.2) is 0 Å². The number of aromatic nitrogens is 1. The first-order valence-corrected chi connectivity index (χ1v) is 6.65. The second-order valence-corrected chi connectivity index (χ2v) is 5.07. The molecule has 0 bridgehead atoms. The maximum absolute atomic E-state index is 3.59. The van der Waals surface area contributed by atoms with E-state index >= 15 is 0 Å². The van der Waals surface area contributed by atoms with E-state index in [1.54, 1.807) is 0 Å². The molecule has 1 unspecified atom stereocenters. The number of hydrogen-bond acceptors (Lipinski definition) is 2. The molecule has 1 atom stereocenters. The molecule has 0 fully saturated rings. The zero-order valence-corrected chi connectivity index (χ0v) is 11.7. The molecule has 0 aliphatic heterocycles. The van der Waals surface area contributed by atoms with Crippen molar-refractivity contribution in [2.45, 2.75) is 45.8 Å². The van der Waals surface area contributed by atoms with Gasteiger partial charge in [-0.15, -0.1) is 0 Å². The Morgan fingerprint density at radius 3 is 2.82 bits per heavy atom. The summed E-state index contributed by atoms with van der Waals surface area (Å²) in [5.41, 5.74) is 1.39. The molecule has 1 N–H and O–H groups in total. The first-order valence-electron chi connectivity index (χ1n) is 6.65. The fourth-order valence-electron chi connectivity index (χ4n) is 1.90. The third kappa shape index (κ3) is 5.37. The lowest BCUT2D eigenvalue weighted by Crippen LogP contribution is -2.30. The normalized spacial score (nSPS) is 13.2. The Hall–Kier alpha value is -0.800. The summed E-state index contributed by atoms with van der Waals surface area (Å²) in [6, 6.07) is 4.92. The molecule has 0 aliphatic rings. The van der Waals surface area contributed by atoms with Gasteiger partial charge in [0.25, 0.3) is 0 Å². The molecule has 1 aromatic rings. The Morgan fingerprint density at radius 1 is 1.41 bits per heavy atom. The molecule has 0 aromatic carbocycles. The van der Waals surface area contributed by atoms with Gasteiger partial charge in [0.2, 0.25) is 0 Å². The molecule has 0 aliphatic carbocycles. The van der Waals surface area contributed by atoms with E-state index in [4.69, 9.17) is 0 Å². The highest BCUT2D eigenvalue weighted by atomic mass is 15.1. The van der Waals surface area contributed by atoms with Crippen LogP contribution in [0.25, 0.3) is 0 Å². The fraction of sp³-hybridized carbons (Fsp3) is 0.714. The topological polar surface area (TPSA) is 20.2 Å². The number of rotatable bonds is 8. The van der Waals surface area contributed by atoms with Crippen molar-refractivity contribution < 1.29 is 0 Å². The quantitative estimate of drug-likeness (QED) is 0.749. The fourth-order valence-corrected chi connectivity index (χ4v) is 1.90. The van der Waals surface area contributed by atoms with Gasteiger partial charge in [0, 0.05) is 31.0 Å². The van der Waals surface area contributed by atoms with E-state index in [2.05, 4.69) is 61.1 Å². The highest BCUT2D eigenvalue weighted by Gasteiger charge is 2.04. The first-order chi connectivity index (χ1) is 8.13. The predicted molar refractivity (Wildman–Crippen MR) is 74.2 cm³/mol. The Bertz CT molecular complexity index is 304. The molecule has 0 radical (unpaired) electrons. The van der Waals surface area contributed by atoms with Crippen LogP contribution in [0.2, 0.25) is 0 Å². The molecule has 3 heteroatoms. The average molecular weight is 237 g/mol. The number of aryl methyl sites for hydroxylation is 1. The number of hydrogen-bond donors (Lipinski definition) is 1. The van der Waals surface area contributed by atoms with Gasteiger partial charge in [-0.2, -0.15) is 0 Å². The molecule has 0 spiro atoms. The van der Waals surface area contributed by atoms with Crippen LogP contribution in [0.1, 0.15) is 32.4 Å². The highest BCUT2D eigenvalue weighted by molar-refractivity contribution is 5.06. The Labute approximate surface area is 106 Å². The number of nitrogens with one attached hydrogen (secondary N) is 1. The van der Waals surface area contributed by atoms with Crippen LogP contribution in [0.15, 0.2) is 18.3 Å². The van der Waals surface area contributed by atoms with Crippen molar-refractivity contribution >= 4 is 0 Å². The molecular weight excluding hydrogens is 210 g/mol. The molecule has 3 nitrogen and oxygen atoms in total. The molecule has 1 rings (SSSR count). The second kappa shape index (κ2) is 7.51. The summed E-state index contributed by atoms with van der Waals surface area (Å²) < 4.78 is 2.34. The first kappa shape index (κ1) is 14.3. The summed E-state index contributed by atoms with van der Waals surface area (Å²) in [7, 11) is 4.25. The second-order valence-electron chi connectivity index (χ2n) is 5.07. The van der Waals surface area contributed by atoms with E-state index in [1.807, 2.05) is 0 Å². The van der Waals surface area contributed by atoms with E-state index in [0.717, 1.165) is 19.6 Å². The third-order valence-corrected chi connectivity index (χ3v) is 3.03. The molecule has 1 aromatic heterocycles. The van der Waals surface area contributed by atoms with Gasteiger partial charge in [0.15, 0.2) is 0 Å². The van der Waals surface area contributed by atoms with Gasteiger partial charge in [-0.05, 0) is 52.5 Å². The van der Waals surface area contributed by atoms with Gasteiger partial charge in [-0.1, -0.05) is 6.92 Å². The summed E-state index contributed by atoms with van der Waals surface area (Å²) in [5.74, 6) is 0. The minimum absolute atomic E-state index is 0.572. The molecular formula is C14H27N3. The van der Waals surface area contributed by atoms with Crippen LogP contribution in [-0.2, 0) is 13.1 Å². The minimum atomic E-state index is 0.572. The van der Waals surface area contributed by atoms with Crippen molar-refractivity contribution in [3.63, 3.8) is 0 Å². The van der Waals surface area contributed by atoms with Crippen LogP contribution < -0.4 is 5.32 Å². The lowest BCUT2D eigenvalue weighted by molar-refractivity contribution is 0.364. The van der Waals surface area contributed by atoms with Crippen LogP contribution in [0.4, 0.5) is 0 Å². The molecule has 0 amide bonds. The van der Waals surface area contributed by atoms with Crippen LogP contribution in [0.3, 0.4) is 0 Å². The maximum Gasteiger partial charge on any atom is 0.0361 e. The van der Waals surface area contributed by atoms with E-state index in [1.165, 1.54) is 18.5 Å². The molecule has 0 saturated heterocycles. The monoisotopic (exact) mass is 237 g/mol. The lowest BCUT2D eigenvalue weighted by Gasteiger charge is -2.17. The van der Waals surface area contributed by atoms with Crippen molar-refractivity contribution in [1.29, 1.82) is 0 Å². The van der Waals surface area contributed by atoms with Crippen molar-refractivity contribution in [3.05, 3.63) is 24.0 Å². The molecule has 98 valence electrons. The van der Waals surface area contributed by atoms with Crippen LogP contribution in [0, 0.1) is 0 Å². The van der Waals surface area contributed by atoms with Crippen molar-refractivity contribution in [3.8, 4) is 0 Å². The Morgan fingerprint density at radius 2 is 2.18 bits per heavy atom. The Kier molecular flexibility index (Phi) is 6.30. The molecule has 17 heavy (non-hydrogen) atoms. The Balaban J connectivity index is 2.31. The van der Waals surface area contributed by atoms with Crippen molar-refractivity contribution in [1.82, 2.24) is 14.8 Å². The van der Waals surface area contributed by atoms with Gasteiger partial charge in [-0.3, -0.25) is 0 Å². The van der Waals surface area contributed by atoms with Crippen LogP contribution >= 0.6 is 0 Å².